The van der Waals surface area contributed by atoms with Crippen molar-refractivity contribution in [2.24, 2.45) is 0 Å². The Bertz CT molecular complexity index is 502. The van der Waals surface area contributed by atoms with Crippen LogP contribution in [0.4, 0.5) is 0 Å². The lowest BCUT2D eigenvalue weighted by Crippen LogP contribution is -2.49. The van der Waals surface area contributed by atoms with E-state index in [9.17, 15) is 9.59 Å². The predicted molar refractivity (Wildman–Crippen MR) is 82.0 cm³/mol. The summed E-state index contributed by atoms with van der Waals surface area (Å²) >= 11 is 6.15. The molecule has 8 heteroatoms. The van der Waals surface area contributed by atoms with Crippen LogP contribution in [0.25, 0.3) is 0 Å². The SMILES string of the molecule is COC[C@@H](C)NC(=S)NNC(=O)c1ccc(C(C)=O)s1. The Labute approximate surface area is 126 Å². The van der Waals surface area contributed by atoms with E-state index in [0.717, 1.165) is 11.3 Å². The average Bonchev–Trinajstić information content (AvgIpc) is 2.86. The van der Waals surface area contributed by atoms with Crippen LogP contribution in [0.1, 0.15) is 33.2 Å². The van der Waals surface area contributed by atoms with E-state index in [4.69, 9.17) is 17.0 Å². The zero-order chi connectivity index (χ0) is 15.1. The van der Waals surface area contributed by atoms with Gasteiger partial charge < -0.3 is 10.1 Å². The number of methoxy groups -OCH3 is 1. The third-order valence-corrected chi connectivity index (χ3v) is 3.67. The van der Waals surface area contributed by atoms with Crippen molar-refractivity contribution in [1.82, 2.24) is 16.2 Å². The summed E-state index contributed by atoms with van der Waals surface area (Å²) in [6, 6.07) is 3.25. The molecule has 0 saturated heterocycles. The number of rotatable bonds is 5. The summed E-state index contributed by atoms with van der Waals surface area (Å²) in [5.41, 5.74) is 5.06. The first-order valence-electron chi connectivity index (χ1n) is 5.90. The highest BCUT2D eigenvalue weighted by atomic mass is 32.1. The van der Waals surface area contributed by atoms with Crippen molar-refractivity contribution < 1.29 is 14.3 Å². The van der Waals surface area contributed by atoms with Gasteiger partial charge in [-0.3, -0.25) is 20.4 Å². The maximum Gasteiger partial charge on any atom is 0.279 e. The Kier molecular flexibility index (Phi) is 6.56. The van der Waals surface area contributed by atoms with E-state index >= 15 is 0 Å². The molecule has 20 heavy (non-hydrogen) atoms. The summed E-state index contributed by atoms with van der Waals surface area (Å²) in [5.74, 6) is -0.404. The fourth-order valence-corrected chi connectivity index (χ4v) is 2.42. The lowest BCUT2D eigenvalue weighted by molar-refractivity contribution is 0.0947. The number of ketones is 1. The molecule has 0 aromatic carbocycles. The van der Waals surface area contributed by atoms with Gasteiger partial charge in [0.25, 0.3) is 5.91 Å². The minimum Gasteiger partial charge on any atom is -0.383 e. The second kappa shape index (κ2) is 7.93. The average molecular weight is 315 g/mol. The Morgan fingerprint density at radius 2 is 2.00 bits per heavy atom. The molecule has 0 fully saturated rings. The summed E-state index contributed by atoms with van der Waals surface area (Å²) in [4.78, 5) is 23.9. The number of ether oxygens (including phenoxy) is 1. The number of carbonyl (C=O) groups excluding carboxylic acids is 2. The van der Waals surface area contributed by atoms with Gasteiger partial charge >= 0.3 is 0 Å². The second-order valence-electron chi connectivity index (χ2n) is 4.13. The molecule has 3 N–H and O–H groups in total. The van der Waals surface area contributed by atoms with E-state index in [1.165, 1.54) is 6.92 Å². The first-order valence-corrected chi connectivity index (χ1v) is 7.13. The maximum atomic E-state index is 11.8. The number of thiophene rings is 1. The molecule has 0 bridgehead atoms. The molecule has 0 radical (unpaired) electrons. The van der Waals surface area contributed by atoms with Crippen LogP contribution in [0.15, 0.2) is 12.1 Å². The van der Waals surface area contributed by atoms with Gasteiger partial charge in [-0.15, -0.1) is 11.3 Å². The number of Topliss-reactive ketones (excluding diaryl/α,β-unsaturated/α-hetero) is 1. The molecule has 0 aliphatic rings. The lowest BCUT2D eigenvalue weighted by Gasteiger charge is -2.16. The summed E-state index contributed by atoms with van der Waals surface area (Å²) in [6.45, 7) is 3.86. The van der Waals surface area contributed by atoms with Crippen LogP contribution in [0.2, 0.25) is 0 Å². The number of nitrogens with one attached hydrogen (secondary N) is 3. The van der Waals surface area contributed by atoms with E-state index in [1.807, 2.05) is 6.92 Å². The number of hydrogen-bond donors (Lipinski definition) is 3. The summed E-state index contributed by atoms with van der Waals surface area (Å²) in [7, 11) is 1.60. The van der Waals surface area contributed by atoms with Gasteiger partial charge in [-0.1, -0.05) is 0 Å². The van der Waals surface area contributed by atoms with Gasteiger partial charge in [-0.05, 0) is 38.2 Å². The lowest BCUT2D eigenvalue weighted by atomic mass is 10.3. The highest BCUT2D eigenvalue weighted by Gasteiger charge is 2.11. The topological polar surface area (TPSA) is 79.5 Å². The number of carbonyl (C=O) groups is 2. The normalized spacial score (nSPS) is 11.6. The molecular weight excluding hydrogens is 298 g/mol. The molecule has 0 aliphatic carbocycles. The largest absolute Gasteiger partial charge is 0.383 e. The van der Waals surface area contributed by atoms with Crippen LogP contribution in [-0.4, -0.2) is 36.6 Å². The minimum atomic E-state index is -0.342. The minimum absolute atomic E-state index is 0.0305. The van der Waals surface area contributed by atoms with Crippen molar-refractivity contribution in [3.05, 3.63) is 21.9 Å². The van der Waals surface area contributed by atoms with Crippen molar-refractivity contribution in [3.8, 4) is 0 Å². The molecule has 6 nitrogen and oxygen atoms in total. The second-order valence-corrected chi connectivity index (χ2v) is 5.62. The van der Waals surface area contributed by atoms with Crippen LogP contribution in [0.3, 0.4) is 0 Å². The zero-order valence-corrected chi connectivity index (χ0v) is 13.1. The van der Waals surface area contributed by atoms with E-state index in [2.05, 4.69) is 16.2 Å². The van der Waals surface area contributed by atoms with Gasteiger partial charge in [0.1, 0.15) is 0 Å². The molecule has 1 aromatic heterocycles. The van der Waals surface area contributed by atoms with Crippen LogP contribution < -0.4 is 16.2 Å². The predicted octanol–water partition coefficient (Wildman–Crippen LogP) is 1.09. The Morgan fingerprint density at radius 3 is 2.55 bits per heavy atom. The highest BCUT2D eigenvalue weighted by Crippen LogP contribution is 2.16. The number of hydrogen-bond acceptors (Lipinski definition) is 5. The van der Waals surface area contributed by atoms with Gasteiger partial charge in [0, 0.05) is 13.2 Å². The van der Waals surface area contributed by atoms with Gasteiger partial charge in [0.2, 0.25) is 0 Å². The molecule has 0 aliphatic heterocycles. The third-order valence-electron chi connectivity index (χ3n) is 2.26. The molecule has 1 heterocycles. The van der Waals surface area contributed by atoms with Crippen molar-refractivity contribution in [2.45, 2.75) is 19.9 Å². The smallest absolute Gasteiger partial charge is 0.279 e. The van der Waals surface area contributed by atoms with Crippen LogP contribution in [0.5, 0.6) is 0 Å². The quantitative estimate of drug-likeness (QED) is 0.429. The van der Waals surface area contributed by atoms with E-state index < -0.39 is 0 Å². The fourth-order valence-electron chi connectivity index (χ4n) is 1.38. The molecule has 1 rings (SSSR count). The fraction of sp³-hybridized carbons (Fsp3) is 0.417. The standard InChI is InChI=1S/C12H17N3O3S2/c1-7(6-18-3)13-12(19)15-14-11(17)10-5-4-9(20-10)8(2)16/h4-5,7H,6H2,1-3H3,(H,14,17)(H2,13,15,19)/t7-/m1/s1. The zero-order valence-electron chi connectivity index (χ0n) is 11.5. The summed E-state index contributed by atoms with van der Waals surface area (Å²) in [6.07, 6.45) is 0. The van der Waals surface area contributed by atoms with E-state index in [0.29, 0.717) is 21.5 Å². The first kappa shape index (κ1) is 16.5. The maximum absolute atomic E-state index is 11.8. The molecular formula is C12H17N3O3S2. The molecule has 1 amide bonds. The number of hydrazine groups is 1. The van der Waals surface area contributed by atoms with Gasteiger partial charge in [-0.25, -0.2) is 0 Å². The van der Waals surface area contributed by atoms with Crippen molar-refractivity contribution in [2.75, 3.05) is 13.7 Å². The van der Waals surface area contributed by atoms with E-state index in [-0.39, 0.29) is 17.7 Å². The van der Waals surface area contributed by atoms with Crippen molar-refractivity contribution >= 4 is 40.4 Å². The van der Waals surface area contributed by atoms with E-state index in [1.54, 1.807) is 19.2 Å². The van der Waals surface area contributed by atoms with Crippen LogP contribution in [0, 0.1) is 0 Å². The molecule has 0 spiro atoms. The Morgan fingerprint density at radius 1 is 1.35 bits per heavy atom. The Hall–Kier alpha value is -1.51. The summed E-state index contributed by atoms with van der Waals surface area (Å²) in [5, 5.41) is 3.24. The van der Waals surface area contributed by atoms with Gasteiger partial charge in [-0.2, -0.15) is 0 Å². The molecule has 1 aromatic rings. The Balaban J connectivity index is 2.42. The summed E-state index contributed by atoms with van der Waals surface area (Å²) < 4.78 is 4.96. The van der Waals surface area contributed by atoms with Crippen LogP contribution in [-0.2, 0) is 4.74 Å². The van der Waals surface area contributed by atoms with Crippen LogP contribution >= 0.6 is 23.6 Å². The number of amides is 1. The molecule has 110 valence electrons. The number of thiocarbonyl (C=S) groups is 1. The van der Waals surface area contributed by atoms with Gasteiger partial charge in [0.05, 0.1) is 16.4 Å². The van der Waals surface area contributed by atoms with Crippen molar-refractivity contribution in [3.63, 3.8) is 0 Å². The van der Waals surface area contributed by atoms with Gasteiger partial charge in [0.15, 0.2) is 10.9 Å². The monoisotopic (exact) mass is 315 g/mol. The van der Waals surface area contributed by atoms with Crippen molar-refractivity contribution in [1.29, 1.82) is 0 Å². The molecule has 0 unspecified atom stereocenters. The molecule has 0 saturated carbocycles. The molecule has 1 atom stereocenters. The first-order chi connectivity index (χ1) is 9.43. The third kappa shape index (κ3) is 5.24. The highest BCUT2D eigenvalue weighted by molar-refractivity contribution is 7.80.